The van der Waals surface area contributed by atoms with E-state index in [1.165, 1.54) is 4.90 Å². The Morgan fingerprint density at radius 1 is 1.10 bits per heavy atom. The molecule has 0 aromatic heterocycles. The number of aliphatic hydroxyl groups excluding tert-OH is 1. The van der Waals surface area contributed by atoms with E-state index in [2.05, 4.69) is 6.58 Å². The van der Waals surface area contributed by atoms with Crippen LogP contribution in [0.1, 0.15) is 30.5 Å². The lowest BCUT2D eigenvalue weighted by Crippen LogP contribution is -2.29. The summed E-state index contributed by atoms with van der Waals surface area (Å²) in [4.78, 5) is 26.9. The molecule has 1 aliphatic heterocycles. The molecular weight excluding hydrogens is 382 g/mol. The van der Waals surface area contributed by atoms with Gasteiger partial charge in [0.1, 0.15) is 17.3 Å². The highest BCUT2D eigenvalue weighted by Gasteiger charge is 2.45. The van der Waals surface area contributed by atoms with Crippen LogP contribution in [0, 0.1) is 0 Å². The first-order valence-electron chi connectivity index (χ1n) is 9.78. The van der Waals surface area contributed by atoms with E-state index in [-0.39, 0.29) is 17.9 Å². The first-order valence-corrected chi connectivity index (χ1v) is 9.78. The minimum absolute atomic E-state index is 0.0502. The lowest BCUT2D eigenvalue weighted by atomic mass is 9.95. The molecule has 2 aromatic carbocycles. The zero-order valence-electron chi connectivity index (χ0n) is 17.1. The van der Waals surface area contributed by atoms with Crippen LogP contribution in [0.4, 0.5) is 0 Å². The third kappa shape index (κ3) is 4.08. The maximum atomic E-state index is 12.8. The number of benzene rings is 2. The summed E-state index contributed by atoms with van der Waals surface area (Å²) < 4.78 is 10.8. The van der Waals surface area contributed by atoms with E-state index in [0.717, 1.165) is 6.42 Å². The van der Waals surface area contributed by atoms with Crippen molar-refractivity contribution in [2.45, 2.75) is 19.4 Å². The van der Waals surface area contributed by atoms with Crippen LogP contribution < -0.4 is 9.47 Å². The lowest BCUT2D eigenvalue weighted by molar-refractivity contribution is -0.139. The highest BCUT2D eigenvalue weighted by molar-refractivity contribution is 6.46. The van der Waals surface area contributed by atoms with Crippen molar-refractivity contribution in [1.29, 1.82) is 0 Å². The number of amides is 1. The first kappa shape index (κ1) is 21.2. The molecule has 1 unspecified atom stereocenters. The molecule has 156 valence electrons. The molecule has 3 rings (SSSR count). The second-order valence-corrected chi connectivity index (χ2v) is 6.89. The van der Waals surface area contributed by atoms with Gasteiger partial charge in [-0.3, -0.25) is 9.59 Å². The second-order valence-electron chi connectivity index (χ2n) is 6.89. The summed E-state index contributed by atoms with van der Waals surface area (Å²) in [6, 6.07) is 13.1. The van der Waals surface area contributed by atoms with Gasteiger partial charge in [0.05, 0.1) is 25.3 Å². The molecule has 0 aliphatic carbocycles. The fourth-order valence-corrected chi connectivity index (χ4v) is 3.42. The summed E-state index contributed by atoms with van der Waals surface area (Å²) in [5.41, 5.74) is 1.18. The molecular formula is C24H25NO5. The van der Waals surface area contributed by atoms with Crippen molar-refractivity contribution in [3.8, 4) is 11.5 Å². The molecule has 1 amide bonds. The molecule has 0 radical (unpaired) electrons. The molecule has 30 heavy (non-hydrogen) atoms. The summed E-state index contributed by atoms with van der Waals surface area (Å²) in [6.07, 6.45) is 2.44. The minimum atomic E-state index is -0.721. The molecule has 0 bridgehead atoms. The van der Waals surface area contributed by atoms with E-state index in [4.69, 9.17) is 9.47 Å². The maximum absolute atomic E-state index is 12.8. The van der Waals surface area contributed by atoms with Gasteiger partial charge in [-0.25, -0.2) is 0 Å². The zero-order valence-corrected chi connectivity index (χ0v) is 17.1. The fourth-order valence-electron chi connectivity index (χ4n) is 3.42. The van der Waals surface area contributed by atoms with E-state index >= 15 is 0 Å². The number of hydrogen-bond donors (Lipinski definition) is 1. The molecule has 6 heteroatoms. The highest BCUT2D eigenvalue weighted by Crippen LogP contribution is 2.39. The molecule has 1 fully saturated rings. The van der Waals surface area contributed by atoms with Crippen molar-refractivity contribution in [2.75, 3.05) is 20.3 Å². The van der Waals surface area contributed by atoms with Crippen molar-refractivity contribution in [1.82, 2.24) is 4.90 Å². The van der Waals surface area contributed by atoms with Crippen LogP contribution in [0.3, 0.4) is 0 Å². The van der Waals surface area contributed by atoms with Crippen LogP contribution in [0.2, 0.25) is 0 Å². The van der Waals surface area contributed by atoms with Gasteiger partial charge in [-0.15, -0.1) is 6.58 Å². The van der Waals surface area contributed by atoms with E-state index in [1.807, 2.05) is 6.92 Å². The van der Waals surface area contributed by atoms with E-state index in [9.17, 15) is 14.7 Å². The first-order chi connectivity index (χ1) is 14.5. The van der Waals surface area contributed by atoms with Crippen LogP contribution in [0.15, 0.2) is 66.8 Å². The third-order valence-corrected chi connectivity index (χ3v) is 4.90. The van der Waals surface area contributed by atoms with Gasteiger partial charge in [0.15, 0.2) is 0 Å². The number of Topliss-reactive ketones (excluding diaryl/α,β-unsaturated/α-hetero) is 1. The van der Waals surface area contributed by atoms with Gasteiger partial charge < -0.3 is 19.5 Å². The largest absolute Gasteiger partial charge is 0.507 e. The average Bonchev–Trinajstić information content (AvgIpc) is 3.03. The summed E-state index contributed by atoms with van der Waals surface area (Å²) in [5.74, 6) is -0.279. The van der Waals surface area contributed by atoms with E-state index < -0.39 is 17.7 Å². The summed E-state index contributed by atoms with van der Waals surface area (Å²) in [6.45, 7) is 6.47. The van der Waals surface area contributed by atoms with Crippen LogP contribution in [-0.4, -0.2) is 42.0 Å². The predicted octanol–water partition coefficient (Wildman–Crippen LogP) is 4.09. The number of carbonyl (C=O) groups excluding carboxylic acids is 2. The summed E-state index contributed by atoms with van der Waals surface area (Å²) in [5, 5.41) is 11.0. The number of hydrogen-bond acceptors (Lipinski definition) is 5. The van der Waals surface area contributed by atoms with E-state index in [1.54, 1.807) is 61.7 Å². The number of carbonyl (C=O) groups is 2. The van der Waals surface area contributed by atoms with Gasteiger partial charge in [0.2, 0.25) is 0 Å². The van der Waals surface area contributed by atoms with Gasteiger partial charge in [0, 0.05) is 12.1 Å². The SMILES string of the molecule is C=CCN1C(=O)C(=O)C(=C(O)c2ccc(OCCC)cc2)C1c1ccc(OC)cc1. The van der Waals surface area contributed by atoms with Crippen LogP contribution in [0.5, 0.6) is 11.5 Å². The Morgan fingerprint density at radius 2 is 1.73 bits per heavy atom. The van der Waals surface area contributed by atoms with Gasteiger partial charge in [0.25, 0.3) is 11.7 Å². The third-order valence-electron chi connectivity index (χ3n) is 4.90. The molecule has 1 saturated heterocycles. The normalized spacial score (nSPS) is 17.8. The lowest BCUT2D eigenvalue weighted by Gasteiger charge is -2.24. The molecule has 1 atom stereocenters. The topological polar surface area (TPSA) is 76.1 Å². The Hall–Kier alpha value is -3.54. The standard InChI is InChI=1S/C24H25NO5/c1-4-14-25-21(16-6-10-18(29-3)11-7-16)20(23(27)24(25)28)22(26)17-8-12-19(13-9-17)30-15-5-2/h4,6-13,21,26H,1,5,14-15H2,2-3H3. The Labute approximate surface area is 176 Å². The van der Waals surface area contributed by atoms with Crippen molar-refractivity contribution in [2.24, 2.45) is 0 Å². The van der Waals surface area contributed by atoms with Gasteiger partial charge in [-0.05, 0) is 48.4 Å². The fraction of sp³-hybridized carbons (Fsp3) is 0.250. The Kier molecular flexibility index (Phi) is 6.57. The van der Waals surface area contributed by atoms with Crippen molar-refractivity contribution >= 4 is 17.4 Å². The second kappa shape index (κ2) is 9.31. The molecule has 1 N–H and O–H groups in total. The van der Waals surface area contributed by atoms with Gasteiger partial charge in [-0.1, -0.05) is 25.1 Å². The summed E-state index contributed by atoms with van der Waals surface area (Å²) >= 11 is 0. The smallest absolute Gasteiger partial charge is 0.295 e. The molecule has 1 heterocycles. The maximum Gasteiger partial charge on any atom is 0.295 e. The van der Waals surface area contributed by atoms with Crippen LogP contribution in [-0.2, 0) is 9.59 Å². The number of rotatable bonds is 8. The number of ketones is 1. The molecule has 0 spiro atoms. The number of ether oxygens (including phenoxy) is 2. The predicted molar refractivity (Wildman–Crippen MR) is 114 cm³/mol. The molecule has 6 nitrogen and oxygen atoms in total. The van der Waals surface area contributed by atoms with Gasteiger partial charge >= 0.3 is 0 Å². The molecule has 2 aromatic rings. The highest BCUT2D eigenvalue weighted by atomic mass is 16.5. The number of aliphatic hydroxyl groups is 1. The number of nitrogens with zero attached hydrogens (tertiary/aromatic N) is 1. The quantitative estimate of drug-likeness (QED) is 0.309. The Balaban J connectivity index is 2.06. The zero-order chi connectivity index (χ0) is 21.7. The van der Waals surface area contributed by atoms with Crippen molar-refractivity contribution < 1.29 is 24.2 Å². The number of methoxy groups -OCH3 is 1. The van der Waals surface area contributed by atoms with E-state index in [0.29, 0.717) is 29.2 Å². The van der Waals surface area contributed by atoms with Crippen LogP contribution in [0.25, 0.3) is 5.76 Å². The van der Waals surface area contributed by atoms with Crippen LogP contribution >= 0.6 is 0 Å². The average molecular weight is 407 g/mol. The molecule has 1 aliphatic rings. The Morgan fingerprint density at radius 3 is 2.30 bits per heavy atom. The molecule has 0 saturated carbocycles. The van der Waals surface area contributed by atoms with Crippen molar-refractivity contribution in [3.63, 3.8) is 0 Å². The summed E-state index contributed by atoms with van der Waals surface area (Å²) in [7, 11) is 1.56. The van der Waals surface area contributed by atoms with Crippen molar-refractivity contribution in [3.05, 3.63) is 77.9 Å². The number of likely N-dealkylation sites (tertiary alicyclic amines) is 1. The van der Waals surface area contributed by atoms with Gasteiger partial charge in [-0.2, -0.15) is 0 Å². The monoisotopic (exact) mass is 407 g/mol. The Bertz CT molecular complexity index is 960. The minimum Gasteiger partial charge on any atom is -0.507 e.